The molecular weight excluding hydrogens is 226 g/mol. The van der Waals surface area contributed by atoms with Crippen molar-refractivity contribution < 1.29 is 4.79 Å². The van der Waals surface area contributed by atoms with Crippen LogP contribution in [0.3, 0.4) is 0 Å². The summed E-state index contributed by atoms with van der Waals surface area (Å²) in [5.74, 6) is 2.48. The number of nitrogens with one attached hydrogen (secondary N) is 2. The van der Waals surface area contributed by atoms with Gasteiger partial charge in [-0.05, 0) is 26.9 Å². The number of carbonyl (C=O) groups excluding carboxylic acids is 1. The highest BCUT2D eigenvalue weighted by Crippen LogP contribution is 2.31. The molecule has 1 amide bonds. The first-order valence-corrected chi connectivity index (χ1v) is 6.69. The van der Waals surface area contributed by atoms with Crippen molar-refractivity contribution in [1.82, 2.24) is 15.5 Å². The van der Waals surface area contributed by atoms with Crippen LogP contribution in [-0.4, -0.2) is 50.1 Å². The van der Waals surface area contributed by atoms with Crippen LogP contribution in [0.5, 0.6) is 0 Å². The summed E-state index contributed by atoms with van der Waals surface area (Å²) in [6, 6.07) is 0. The van der Waals surface area contributed by atoms with E-state index in [1.807, 2.05) is 0 Å². The SMILES string of the molecule is C#CCNCC(=O)NCC1(N(C)C)CCCCC1. The molecule has 1 saturated carbocycles. The third kappa shape index (κ3) is 4.32. The van der Waals surface area contributed by atoms with E-state index in [1.54, 1.807) is 0 Å². The van der Waals surface area contributed by atoms with Crippen LogP contribution in [0.4, 0.5) is 0 Å². The number of hydrogen-bond acceptors (Lipinski definition) is 3. The molecule has 4 heteroatoms. The van der Waals surface area contributed by atoms with E-state index in [0.29, 0.717) is 13.1 Å². The van der Waals surface area contributed by atoms with Gasteiger partial charge in [-0.15, -0.1) is 6.42 Å². The van der Waals surface area contributed by atoms with Crippen molar-refractivity contribution >= 4 is 5.91 Å². The van der Waals surface area contributed by atoms with Gasteiger partial charge < -0.3 is 10.2 Å². The summed E-state index contributed by atoms with van der Waals surface area (Å²) in [6.07, 6.45) is 11.3. The van der Waals surface area contributed by atoms with Crippen molar-refractivity contribution in [3.63, 3.8) is 0 Å². The number of likely N-dealkylation sites (N-methyl/N-ethyl adjacent to an activating group) is 1. The topological polar surface area (TPSA) is 44.4 Å². The molecule has 0 heterocycles. The van der Waals surface area contributed by atoms with Crippen molar-refractivity contribution in [3.8, 4) is 12.3 Å². The van der Waals surface area contributed by atoms with Crippen molar-refractivity contribution in [1.29, 1.82) is 0 Å². The number of hydrogen-bond donors (Lipinski definition) is 2. The van der Waals surface area contributed by atoms with Gasteiger partial charge in [0.15, 0.2) is 0 Å². The lowest BCUT2D eigenvalue weighted by Crippen LogP contribution is -2.54. The number of terminal acetylenes is 1. The van der Waals surface area contributed by atoms with E-state index in [9.17, 15) is 4.79 Å². The first-order valence-electron chi connectivity index (χ1n) is 6.69. The zero-order valence-corrected chi connectivity index (χ0v) is 11.6. The Hall–Kier alpha value is -1.05. The quantitative estimate of drug-likeness (QED) is 0.536. The molecule has 1 aliphatic rings. The van der Waals surface area contributed by atoms with Gasteiger partial charge in [0, 0.05) is 12.1 Å². The van der Waals surface area contributed by atoms with Crippen LogP contribution < -0.4 is 10.6 Å². The summed E-state index contributed by atoms with van der Waals surface area (Å²) in [6.45, 7) is 1.47. The van der Waals surface area contributed by atoms with Gasteiger partial charge in [-0.25, -0.2) is 0 Å². The Labute approximate surface area is 110 Å². The normalized spacial score (nSPS) is 18.3. The van der Waals surface area contributed by atoms with Crippen molar-refractivity contribution in [3.05, 3.63) is 0 Å². The van der Waals surface area contributed by atoms with Gasteiger partial charge in [0.05, 0.1) is 13.1 Å². The second kappa shape index (κ2) is 7.40. The first-order chi connectivity index (χ1) is 8.60. The van der Waals surface area contributed by atoms with E-state index in [1.165, 1.54) is 19.3 Å². The molecule has 0 aromatic heterocycles. The van der Waals surface area contributed by atoms with E-state index in [2.05, 4.69) is 35.5 Å². The van der Waals surface area contributed by atoms with Gasteiger partial charge in [-0.2, -0.15) is 0 Å². The summed E-state index contributed by atoms with van der Waals surface area (Å²) in [7, 11) is 4.21. The highest BCUT2D eigenvalue weighted by Gasteiger charge is 2.34. The second-order valence-electron chi connectivity index (χ2n) is 5.26. The molecule has 0 atom stereocenters. The predicted molar refractivity (Wildman–Crippen MR) is 74.2 cm³/mol. The van der Waals surface area contributed by atoms with E-state index in [-0.39, 0.29) is 11.4 Å². The van der Waals surface area contributed by atoms with E-state index in [4.69, 9.17) is 6.42 Å². The average Bonchev–Trinajstić information content (AvgIpc) is 2.37. The number of carbonyl (C=O) groups is 1. The molecule has 0 aliphatic heterocycles. The molecule has 102 valence electrons. The summed E-state index contributed by atoms with van der Waals surface area (Å²) in [5, 5.41) is 5.92. The fourth-order valence-corrected chi connectivity index (χ4v) is 2.57. The standard InChI is InChI=1S/C14H25N3O/c1-4-10-15-11-13(18)16-12-14(17(2)3)8-6-5-7-9-14/h1,15H,5-12H2,2-3H3,(H,16,18). The van der Waals surface area contributed by atoms with Gasteiger partial charge in [0.1, 0.15) is 0 Å². The van der Waals surface area contributed by atoms with Crippen molar-refractivity contribution in [2.45, 2.75) is 37.6 Å². The molecule has 1 aliphatic carbocycles. The Kier molecular flexibility index (Phi) is 6.17. The molecule has 0 aromatic carbocycles. The minimum atomic E-state index is 0.0250. The monoisotopic (exact) mass is 251 g/mol. The summed E-state index contributed by atoms with van der Waals surface area (Å²) in [5.41, 5.74) is 0.139. The van der Waals surface area contributed by atoms with Crippen LogP contribution in [-0.2, 0) is 4.79 Å². The minimum absolute atomic E-state index is 0.0250. The smallest absolute Gasteiger partial charge is 0.234 e. The molecule has 0 bridgehead atoms. The Morgan fingerprint density at radius 2 is 2.00 bits per heavy atom. The Bertz CT molecular complexity index is 301. The van der Waals surface area contributed by atoms with E-state index in [0.717, 1.165) is 19.4 Å². The van der Waals surface area contributed by atoms with Gasteiger partial charge in [0.25, 0.3) is 0 Å². The highest BCUT2D eigenvalue weighted by molar-refractivity contribution is 5.78. The highest BCUT2D eigenvalue weighted by atomic mass is 16.1. The third-order valence-corrected chi connectivity index (χ3v) is 3.86. The minimum Gasteiger partial charge on any atom is -0.353 e. The number of rotatable bonds is 6. The average molecular weight is 251 g/mol. The van der Waals surface area contributed by atoms with E-state index >= 15 is 0 Å². The maximum Gasteiger partial charge on any atom is 0.234 e. The zero-order chi connectivity index (χ0) is 13.4. The third-order valence-electron chi connectivity index (χ3n) is 3.86. The van der Waals surface area contributed by atoms with Gasteiger partial charge in [0.2, 0.25) is 5.91 Å². The fraction of sp³-hybridized carbons (Fsp3) is 0.786. The predicted octanol–water partition coefficient (Wildman–Crippen LogP) is 0.590. The molecule has 0 aromatic rings. The zero-order valence-electron chi connectivity index (χ0n) is 11.6. The van der Waals surface area contributed by atoms with Crippen LogP contribution in [0, 0.1) is 12.3 Å². The van der Waals surface area contributed by atoms with Crippen LogP contribution in [0.25, 0.3) is 0 Å². The molecule has 1 rings (SSSR count). The molecule has 4 nitrogen and oxygen atoms in total. The Balaban J connectivity index is 2.38. The van der Waals surface area contributed by atoms with E-state index < -0.39 is 0 Å². The maximum atomic E-state index is 11.7. The second-order valence-corrected chi connectivity index (χ2v) is 5.26. The lowest BCUT2D eigenvalue weighted by atomic mass is 9.80. The Morgan fingerprint density at radius 1 is 1.33 bits per heavy atom. The fourth-order valence-electron chi connectivity index (χ4n) is 2.57. The van der Waals surface area contributed by atoms with Gasteiger partial charge in [-0.3, -0.25) is 10.1 Å². The van der Waals surface area contributed by atoms with Gasteiger partial charge in [-0.1, -0.05) is 25.2 Å². The van der Waals surface area contributed by atoms with Crippen LogP contribution >= 0.6 is 0 Å². The molecule has 0 unspecified atom stereocenters. The maximum absolute atomic E-state index is 11.7. The van der Waals surface area contributed by atoms with Crippen molar-refractivity contribution in [2.24, 2.45) is 0 Å². The Morgan fingerprint density at radius 3 is 2.56 bits per heavy atom. The number of amides is 1. The molecule has 2 N–H and O–H groups in total. The van der Waals surface area contributed by atoms with Crippen LogP contribution in [0.2, 0.25) is 0 Å². The lowest BCUT2D eigenvalue weighted by molar-refractivity contribution is -0.120. The molecule has 18 heavy (non-hydrogen) atoms. The summed E-state index contributed by atoms with van der Waals surface area (Å²) >= 11 is 0. The summed E-state index contributed by atoms with van der Waals surface area (Å²) in [4.78, 5) is 13.9. The first kappa shape index (κ1) is 15.0. The van der Waals surface area contributed by atoms with Crippen LogP contribution in [0.15, 0.2) is 0 Å². The lowest BCUT2D eigenvalue weighted by Gasteiger charge is -2.43. The molecule has 0 spiro atoms. The largest absolute Gasteiger partial charge is 0.353 e. The molecule has 0 radical (unpaired) electrons. The van der Waals surface area contributed by atoms with Gasteiger partial charge >= 0.3 is 0 Å². The summed E-state index contributed by atoms with van der Waals surface area (Å²) < 4.78 is 0. The molecule has 1 fully saturated rings. The van der Waals surface area contributed by atoms with Crippen LogP contribution in [0.1, 0.15) is 32.1 Å². The molecular formula is C14H25N3O. The van der Waals surface area contributed by atoms with Crippen molar-refractivity contribution in [2.75, 3.05) is 33.7 Å². The number of nitrogens with zero attached hydrogens (tertiary/aromatic N) is 1. The molecule has 0 saturated heterocycles.